The fourth-order valence-electron chi connectivity index (χ4n) is 2.35. The molecular formula is C15H21NO3. The first-order chi connectivity index (χ1) is 8.88. The van der Waals surface area contributed by atoms with Crippen LogP contribution in [-0.2, 0) is 4.74 Å². The van der Waals surface area contributed by atoms with E-state index in [9.17, 15) is 9.90 Å². The van der Waals surface area contributed by atoms with Gasteiger partial charge >= 0.3 is 6.09 Å². The molecule has 1 aliphatic rings. The van der Waals surface area contributed by atoms with Crippen LogP contribution in [0.15, 0.2) is 30.3 Å². The molecule has 1 aromatic rings. The van der Waals surface area contributed by atoms with Crippen LogP contribution in [0.1, 0.15) is 38.8 Å². The maximum Gasteiger partial charge on any atom is 0.410 e. The standard InChI is InChI=1S/C15H21NO3/c1-15(2,3)19-14(18)16-10-9-12(17)13(16)11-7-5-4-6-8-11/h4-8,12-13,17H,9-10H2,1-3H3/t12-,13+/m1/s1. The Hall–Kier alpha value is -1.55. The Labute approximate surface area is 114 Å². The van der Waals surface area contributed by atoms with Crippen molar-refractivity contribution in [2.75, 3.05) is 6.54 Å². The Balaban J connectivity index is 2.18. The van der Waals surface area contributed by atoms with Crippen molar-refractivity contribution in [2.24, 2.45) is 0 Å². The molecule has 0 radical (unpaired) electrons. The minimum atomic E-state index is -0.532. The summed E-state index contributed by atoms with van der Waals surface area (Å²) in [4.78, 5) is 13.8. The first-order valence-electron chi connectivity index (χ1n) is 6.61. The van der Waals surface area contributed by atoms with Crippen LogP contribution < -0.4 is 0 Å². The number of benzene rings is 1. The summed E-state index contributed by atoms with van der Waals surface area (Å²) in [7, 11) is 0. The highest BCUT2D eigenvalue weighted by Gasteiger charge is 2.38. The average molecular weight is 263 g/mol. The van der Waals surface area contributed by atoms with E-state index in [0.717, 1.165) is 5.56 Å². The number of carbonyl (C=O) groups is 1. The summed E-state index contributed by atoms with van der Waals surface area (Å²) in [5.41, 5.74) is 0.421. The van der Waals surface area contributed by atoms with E-state index in [1.165, 1.54) is 0 Å². The fraction of sp³-hybridized carbons (Fsp3) is 0.533. The van der Waals surface area contributed by atoms with E-state index >= 15 is 0 Å². The lowest BCUT2D eigenvalue weighted by Crippen LogP contribution is -2.37. The van der Waals surface area contributed by atoms with Gasteiger partial charge in [-0.2, -0.15) is 0 Å². The van der Waals surface area contributed by atoms with Gasteiger partial charge in [-0.3, -0.25) is 4.90 Å². The van der Waals surface area contributed by atoms with Gasteiger partial charge in [0.05, 0.1) is 12.1 Å². The summed E-state index contributed by atoms with van der Waals surface area (Å²) in [6, 6.07) is 9.29. The highest BCUT2D eigenvalue weighted by molar-refractivity contribution is 5.69. The Morgan fingerprint density at radius 1 is 1.32 bits per heavy atom. The molecule has 0 aromatic heterocycles. The fourth-order valence-corrected chi connectivity index (χ4v) is 2.35. The summed E-state index contributed by atoms with van der Waals surface area (Å²) >= 11 is 0. The number of ether oxygens (including phenoxy) is 1. The molecule has 0 bridgehead atoms. The molecule has 4 heteroatoms. The minimum Gasteiger partial charge on any atom is -0.444 e. The van der Waals surface area contributed by atoms with Crippen LogP contribution in [0.25, 0.3) is 0 Å². The Kier molecular flexibility index (Phi) is 3.80. The number of likely N-dealkylation sites (tertiary alicyclic amines) is 1. The maximum absolute atomic E-state index is 12.2. The van der Waals surface area contributed by atoms with Crippen LogP contribution in [0, 0.1) is 0 Å². The van der Waals surface area contributed by atoms with Gasteiger partial charge in [-0.25, -0.2) is 4.79 Å². The van der Waals surface area contributed by atoms with E-state index in [0.29, 0.717) is 13.0 Å². The van der Waals surface area contributed by atoms with E-state index in [1.807, 2.05) is 51.1 Å². The molecule has 0 spiro atoms. The van der Waals surface area contributed by atoms with Crippen LogP contribution in [-0.4, -0.2) is 34.3 Å². The van der Waals surface area contributed by atoms with Crippen molar-refractivity contribution < 1.29 is 14.6 Å². The highest BCUT2D eigenvalue weighted by atomic mass is 16.6. The molecule has 0 unspecified atom stereocenters. The molecule has 1 fully saturated rings. The topological polar surface area (TPSA) is 49.8 Å². The number of rotatable bonds is 1. The molecule has 1 N–H and O–H groups in total. The lowest BCUT2D eigenvalue weighted by Gasteiger charge is -2.29. The largest absolute Gasteiger partial charge is 0.444 e. The van der Waals surface area contributed by atoms with Gasteiger partial charge in [-0.15, -0.1) is 0 Å². The first-order valence-corrected chi connectivity index (χ1v) is 6.61. The van der Waals surface area contributed by atoms with Crippen LogP contribution in [0.2, 0.25) is 0 Å². The smallest absolute Gasteiger partial charge is 0.410 e. The van der Waals surface area contributed by atoms with Gasteiger partial charge in [0, 0.05) is 6.54 Å². The summed E-state index contributed by atoms with van der Waals surface area (Å²) in [6.45, 7) is 6.05. The van der Waals surface area contributed by atoms with Gasteiger partial charge < -0.3 is 9.84 Å². The van der Waals surface area contributed by atoms with Crippen LogP contribution in [0.3, 0.4) is 0 Å². The van der Waals surface area contributed by atoms with E-state index in [4.69, 9.17) is 4.74 Å². The minimum absolute atomic E-state index is 0.309. The molecule has 4 nitrogen and oxygen atoms in total. The second kappa shape index (κ2) is 5.21. The lowest BCUT2D eigenvalue weighted by molar-refractivity contribution is 0.0152. The number of hydrogen-bond acceptors (Lipinski definition) is 3. The van der Waals surface area contributed by atoms with Crippen molar-refractivity contribution in [1.29, 1.82) is 0 Å². The Morgan fingerprint density at radius 2 is 1.95 bits per heavy atom. The van der Waals surface area contributed by atoms with Crippen LogP contribution >= 0.6 is 0 Å². The maximum atomic E-state index is 12.2. The molecule has 2 atom stereocenters. The molecule has 1 saturated heterocycles. The molecule has 0 aliphatic carbocycles. The highest BCUT2D eigenvalue weighted by Crippen LogP contribution is 2.33. The summed E-state index contributed by atoms with van der Waals surface area (Å²) in [5, 5.41) is 10.1. The van der Waals surface area contributed by atoms with Gasteiger partial charge in [0.25, 0.3) is 0 Å². The predicted octanol–water partition coefficient (Wildman–Crippen LogP) is 2.73. The summed E-state index contributed by atoms with van der Waals surface area (Å²) in [6.07, 6.45) is -0.313. The van der Waals surface area contributed by atoms with Crippen LogP contribution in [0.5, 0.6) is 0 Å². The van der Waals surface area contributed by atoms with E-state index in [1.54, 1.807) is 4.90 Å². The zero-order valence-corrected chi connectivity index (χ0v) is 11.7. The third kappa shape index (κ3) is 3.26. The molecule has 1 aliphatic heterocycles. The van der Waals surface area contributed by atoms with Gasteiger partial charge in [0.15, 0.2) is 0 Å². The molecule has 0 saturated carbocycles. The van der Waals surface area contributed by atoms with Gasteiger partial charge in [-0.05, 0) is 32.8 Å². The lowest BCUT2D eigenvalue weighted by atomic mass is 10.0. The zero-order chi connectivity index (χ0) is 14.0. The summed E-state index contributed by atoms with van der Waals surface area (Å²) < 4.78 is 5.40. The van der Waals surface area contributed by atoms with Crippen molar-refractivity contribution in [1.82, 2.24) is 4.90 Å². The van der Waals surface area contributed by atoms with Gasteiger partial charge in [0.2, 0.25) is 0 Å². The first kappa shape index (κ1) is 13.9. The molecule has 1 aromatic carbocycles. The molecule has 2 rings (SSSR count). The average Bonchev–Trinajstić information content (AvgIpc) is 2.70. The van der Waals surface area contributed by atoms with Crippen molar-refractivity contribution in [3.05, 3.63) is 35.9 Å². The second-order valence-corrected chi connectivity index (χ2v) is 5.89. The molecular weight excluding hydrogens is 242 g/mol. The van der Waals surface area contributed by atoms with Crippen LogP contribution in [0.4, 0.5) is 4.79 Å². The monoisotopic (exact) mass is 263 g/mol. The number of nitrogens with zero attached hydrogens (tertiary/aromatic N) is 1. The van der Waals surface area contributed by atoms with Crippen molar-refractivity contribution in [3.63, 3.8) is 0 Å². The Bertz CT molecular complexity index is 438. The molecule has 1 amide bonds. The number of aliphatic hydroxyl groups is 1. The summed E-state index contributed by atoms with van der Waals surface area (Å²) in [5.74, 6) is 0. The number of carbonyl (C=O) groups excluding carboxylic acids is 1. The van der Waals surface area contributed by atoms with Crippen molar-refractivity contribution >= 4 is 6.09 Å². The Morgan fingerprint density at radius 3 is 2.53 bits per heavy atom. The van der Waals surface area contributed by atoms with Gasteiger partial charge in [0.1, 0.15) is 5.60 Å². The number of amides is 1. The molecule has 1 heterocycles. The number of aliphatic hydroxyl groups excluding tert-OH is 1. The van der Waals surface area contributed by atoms with E-state index in [2.05, 4.69) is 0 Å². The van der Waals surface area contributed by atoms with Crippen molar-refractivity contribution in [2.45, 2.75) is 44.9 Å². The SMILES string of the molecule is CC(C)(C)OC(=O)N1CC[C@@H](O)[C@@H]1c1ccccc1. The van der Waals surface area contributed by atoms with E-state index < -0.39 is 11.7 Å². The third-order valence-electron chi connectivity index (χ3n) is 3.14. The number of hydrogen-bond donors (Lipinski definition) is 1. The second-order valence-electron chi connectivity index (χ2n) is 5.89. The zero-order valence-electron chi connectivity index (χ0n) is 11.7. The molecule has 104 valence electrons. The van der Waals surface area contributed by atoms with Gasteiger partial charge in [-0.1, -0.05) is 30.3 Å². The third-order valence-corrected chi connectivity index (χ3v) is 3.14. The molecule has 19 heavy (non-hydrogen) atoms. The van der Waals surface area contributed by atoms with E-state index in [-0.39, 0.29) is 12.1 Å². The normalized spacial score (nSPS) is 23.5. The quantitative estimate of drug-likeness (QED) is 0.847. The predicted molar refractivity (Wildman–Crippen MR) is 72.7 cm³/mol. The van der Waals surface area contributed by atoms with Crippen molar-refractivity contribution in [3.8, 4) is 0 Å².